The third kappa shape index (κ3) is 3.19. The Morgan fingerprint density at radius 3 is 2.41 bits per heavy atom. The Hall–Kier alpha value is -2.56. The van der Waals surface area contributed by atoms with E-state index in [1.807, 2.05) is 19.9 Å². The summed E-state index contributed by atoms with van der Waals surface area (Å²) in [5.74, 6) is 1.05. The fourth-order valence-corrected chi connectivity index (χ4v) is 2.37. The van der Waals surface area contributed by atoms with Crippen LogP contribution >= 0.6 is 0 Å². The number of hydrogen-bond acceptors (Lipinski definition) is 3. The van der Waals surface area contributed by atoms with E-state index in [-0.39, 0.29) is 11.8 Å². The maximum absolute atomic E-state index is 12.3. The summed E-state index contributed by atoms with van der Waals surface area (Å²) in [6.07, 6.45) is 0. The number of furan rings is 1. The maximum atomic E-state index is 12.3. The van der Waals surface area contributed by atoms with Crippen LogP contribution in [0.25, 0.3) is 0 Å². The first-order valence-corrected chi connectivity index (χ1v) is 7.09. The second-order valence-corrected chi connectivity index (χ2v) is 5.18. The van der Waals surface area contributed by atoms with Gasteiger partial charge in [0.1, 0.15) is 11.5 Å². The lowest BCUT2D eigenvalue weighted by Gasteiger charge is -2.07. The van der Waals surface area contributed by atoms with Crippen molar-refractivity contribution in [3.8, 4) is 0 Å². The van der Waals surface area contributed by atoms with Crippen molar-refractivity contribution < 1.29 is 14.0 Å². The molecular formula is C17H20N2O3. The molecule has 2 amide bonds. The Bertz CT molecular complexity index is 717. The molecule has 0 spiro atoms. The zero-order valence-corrected chi connectivity index (χ0v) is 13.2. The number of aryl methyl sites for hydroxylation is 2. The maximum Gasteiger partial charge on any atom is 0.255 e. The van der Waals surface area contributed by atoms with E-state index in [1.165, 1.54) is 0 Å². The van der Waals surface area contributed by atoms with Gasteiger partial charge in [0.25, 0.3) is 11.8 Å². The highest BCUT2D eigenvalue weighted by molar-refractivity contribution is 5.97. The van der Waals surface area contributed by atoms with Gasteiger partial charge >= 0.3 is 0 Å². The largest absolute Gasteiger partial charge is 0.466 e. The molecule has 5 nitrogen and oxygen atoms in total. The van der Waals surface area contributed by atoms with Crippen LogP contribution in [-0.4, -0.2) is 18.9 Å². The lowest BCUT2D eigenvalue weighted by Crippen LogP contribution is -2.24. The third-order valence-electron chi connectivity index (χ3n) is 3.66. The van der Waals surface area contributed by atoms with Crippen molar-refractivity contribution >= 4 is 11.8 Å². The van der Waals surface area contributed by atoms with Crippen molar-refractivity contribution in [2.75, 3.05) is 7.05 Å². The van der Waals surface area contributed by atoms with Crippen LogP contribution in [0.5, 0.6) is 0 Å². The summed E-state index contributed by atoms with van der Waals surface area (Å²) in [5.41, 5.74) is 2.87. The molecule has 0 radical (unpaired) electrons. The zero-order chi connectivity index (χ0) is 16.3. The molecule has 0 unspecified atom stereocenters. The standard InChI is InChI=1S/C17H20N2O3/c1-10-11(2)22-12(3)15(10)17(21)19-9-13-6-5-7-14(8-13)16(20)18-4/h5-8H,9H2,1-4H3,(H,18,20)(H,19,21). The highest BCUT2D eigenvalue weighted by Gasteiger charge is 2.18. The molecule has 0 fully saturated rings. The second-order valence-electron chi connectivity index (χ2n) is 5.18. The summed E-state index contributed by atoms with van der Waals surface area (Å²) in [6.45, 7) is 5.84. The smallest absolute Gasteiger partial charge is 0.255 e. The Balaban J connectivity index is 2.10. The van der Waals surface area contributed by atoms with Crippen LogP contribution in [0.3, 0.4) is 0 Å². The van der Waals surface area contributed by atoms with E-state index in [0.717, 1.165) is 16.9 Å². The number of amides is 2. The minimum atomic E-state index is -0.169. The molecule has 0 aliphatic rings. The fraction of sp³-hybridized carbons (Fsp3) is 0.294. The van der Waals surface area contributed by atoms with E-state index < -0.39 is 0 Å². The van der Waals surface area contributed by atoms with Crippen molar-refractivity contribution in [1.82, 2.24) is 10.6 Å². The van der Waals surface area contributed by atoms with Crippen molar-refractivity contribution in [3.63, 3.8) is 0 Å². The Kier molecular flexibility index (Phi) is 4.65. The molecule has 0 saturated carbocycles. The minimum absolute atomic E-state index is 0.148. The number of hydrogen-bond donors (Lipinski definition) is 2. The molecule has 0 atom stereocenters. The lowest BCUT2D eigenvalue weighted by molar-refractivity contribution is 0.0946. The topological polar surface area (TPSA) is 71.3 Å². The van der Waals surface area contributed by atoms with Gasteiger partial charge in [0.15, 0.2) is 0 Å². The number of rotatable bonds is 4. The van der Waals surface area contributed by atoms with Gasteiger partial charge in [-0.25, -0.2) is 0 Å². The average molecular weight is 300 g/mol. The van der Waals surface area contributed by atoms with Gasteiger partial charge in [-0.05, 0) is 38.5 Å². The van der Waals surface area contributed by atoms with E-state index in [2.05, 4.69) is 10.6 Å². The predicted octanol–water partition coefficient (Wildman–Crippen LogP) is 2.49. The molecular weight excluding hydrogens is 280 g/mol. The second kappa shape index (κ2) is 6.47. The quantitative estimate of drug-likeness (QED) is 0.911. The number of carbonyl (C=O) groups is 2. The normalized spacial score (nSPS) is 10.4. The molecule has 0 aliphatic carbocycles. The van der Waals surface area contributed by atoms with Crippen LogP contribution in [-0.2, 0) is 6.54 Å². The summed E-state index contributed by atoms with van der Waals surface area (Å²) in [6, 6.07) is 7.16. The predicted molar refractivity (Wildman–Crippen MR) is 83.9 cm³/mol. The van der Waals surface area contributed by atoms with Crippen LogP contribution in [0, 0.1) is 20.8 Å². The van der Waals surface area contributed by atoms with E-state index in [9.17, 15) is 9.59 Å². The molecule has 2 rings (SSSR count). The SMILES string of the molecule is CNC(=O)c1cccc(CNC(=O)c2c(C)oc(C)c2C)c1. The van der Waals surface area contributed by atoms with Gasteiger partial charge < -0.3 is 15.1 Å². The van der Waals surface area contributed by atoms with Crippen LogP contribution in [0.15, 0.2) is 28.7 Å². The van der Waals surface area contributed by atoms with E-state index in [1.54, 1.807) is 32.2 Å². The lowest BCUT2D eigenvalue weighted by atomic mass is 10.1. The van der Waals surface area contributed by atoms with Crippen molar-refractivity contribution in [2.45, 2.75) is 27.3 Å². The van der Waals surface area contributed by atoms with Gasteiger partial charge in [0.2, 0.25) is 0 Å². The van der Waals surface area contributed by atoms with Gasteiger partial charge in [0.05, 0.1) is 5.56 Å². The summed E-state index contributed by atoms with van der Waals surface area (Å²) < 4.78 is 5.47. The van der Waals surface area contributed by atoms with Crippen LogP contribution < -0.4 is 10.6 Å². The average Bonchev–Trinajstić information content (AvgIpc) is 2.77. The molecule has 1 heterocycles. The minimum Gasteiger partial charge on any atom is -0.466 e. The van der Waals surface area contributed by atoms with Crippen molar-refractivity contribution in [2.24, 2.45) is 0 Å². The van der Waals surface area contributed by atoms with Gasteiger partial charge in [-0.15, -0.1) is 0 Å². The monoisotopic (exact) mass is 300 g/mol. The van der Waals surface area contributed by atoms with E-state index >= 15 is 0 Å². The Morgan fingerprint density at radius 2 is 1.82 bits per heavy atom. The zero-order valence-electron chi connectivity index (χ0n) is 13.2. The number of benzene rings is 1. The Morgan fingerprint density at radius 1 is 1.09 bits per heavy atom. The molecule has 1 aromatic heterocycles. The summed E-state index contributed by atoms with van der Waals surface area (Å²) in [4.78, 5) is 23.9. The summed E-state index contributed by atoms with van der Waals surface area (Å²) >= 11 is 0. The third-order valence-corrected chi connectivity index (χ3v) is 3.66. The van der Waals surface area contributed by atoms with Crippen molar-refractivity contribution in [1.29, 1.82) is 0 Å². The number of carbonyl (C=O) groups excluding carboxylic acids is 2. The van der Waals surface area contributed by atoms with Gasteiger partial charge in [-0.3, -0.25) is 9.59 Å². The molecule has 0 saturated heterocycles. The first-order chi connectivity index (χ1) is 10.4. The first kappa shape index (κ1) is 15.8. The van der Waals surface area contributed by atoms with Crippen molar-refractivity contribution in [3.05, 3.63) is 58.0 Å². The summed E-state index contributed by atoms with van der Waals surface area (Å²) in [7, 11) is 1.59. The van der Waals surface area contributed by atoms with Gasteiger partial charge in [-0.1, -0.05) is 12.1 Å². The fourth-order valence-electron chi connectivity index (χ4n) is 2.37. The van der Waals surface area contributed by atoms with E-state index in [0.29, 0.717) is 23.4 Å². The number of nitrogens with one attached hydrogen (secondary N) is 2. The molecule has 2 N–H and O–H groups in total. The van der Waals surface area contributed by atoms with Crippen LogP contribution in [0.2, 0.25) is 0 Å². The van der Waals surface area contributed by atoms with Gasteiger partial charge in [-0.2, -0.15) is 0 Å². The highest BCUT2D eigenvalue weighted by atomic mass is 16.3. The van der Waals surface area contributed by atoms with E-state index in [4.69, 9.17) is 4.42 Å². The molecule has 2 aromatic rings. The molecule has 0 bridgehead atoms. The summed E-state index contributed by atoms with van der Waals surface area (Å²) in [5, 5.41) is 5.44. The van der Waals surface area contributed by atoms with Crippen LogP contribution in [0.1, 0.15) is 43.4 Å². The molecule has 0 aliphatic heterocycles. The molecule has 116 valence electrons. The molecule has 5 heteroatoms. The van der Waals surface area contributed by atoms with Gasteiger partial charge in [0, 0.05) is 24.7 Å². The van der Waals surface area contributed by atoms with Crippen LogP contribution in [0.4, 0.5) is 0 Å². The molecule has 1 aromatic carbocycles. The Labute approximate surface area is 129 Å². The first-order valence-electron chi connectivity index (χ1n) is 7.09. The molecule has 22 heavy (non-hydrogen) atoms. The highest BCUT2D eigenvalue weighted by Crippen LogP contribution is 2.20.